The molecule has 0 amide bonds. The summed E-state index contributed by atoms with van der Waals surface area (Å²) in [5, 5.41) is -0.209. The van der Waals surface area contributed by atoms with Crippen LogP contribution in [0.5, 0.6) is 0 Å². The van der Waals surface area contributed by atoms with Crippen molar-refractivity contribution in [3.05, 3.63) is 27.3 Å². The highest BCUT2D eigenvalue weighted by Crippen LogP contribution is 2.34. The number of benzene rings is 1. The van der Waals surface area contributed by atoms with Crippen LogP contribution in [0.4, 0.5) is 4.39 Å². The molecule has 110 valence electrons. The first kappa shape index (κ1) is 16.0. The number of hydrogen-bond donors (Lipinski definition) is 0. The number of aromatic nitrogens is 2. The van der Waals surface area contributed by atoms with Crippen molar-refractivity contribution >= 4 is 45.2 Å². The van der Waals surface area contributed by atoms with Crippen LogP contribution in [0.3, 0.4) is 0 Å². The Morgan fingerprint density at radius 2 is 2.10 bits per heavy atom. The van der Waals surface area contributed by atoms with Gasteiger partial charge >= 0.3 is 0 Å². The third kappa shape index (κ3) is 2.82. The predicted octanol–water partition coefficient (Wildman–Crippen LogP) is 5.62. The van der Waals surface area contributed by atoms with E-state index in [-0.39, 0.29) is 16.7 Å². The second-order valence-electron chi connectivity index (χ2n) is 5.74. The summed E-state index contributed by atoms with van der Waals surface area (Å²) in [5.74, 6) is 0.599. The van der Waals surface area contributed by atoms with E-state index >= 15 is 0 Å². The Morgan fingerprint density at radius 1 is 1.45 bits per heavy atom. The summed E-state index contributed by atoms with van der Waals surface area (Å²) in [6, 6.07) is 3.36. The van der Waals surface area contributed by atoms with Crippen molar-refractivity contribution in [1.29, 1.82) is 0 Å². The van der Waals surface area contributed by atoms with Crippen LogP contribution in [0.15, 0.2) is 12.1 Å². The molecular formula is C15H19ClFIN2. The van der Waals surface area contributed by atoms with Gasteiger partial charge in [-0.05, 0) is 55.8 Å². The zero-order valence-corrected chi connectivity index (χ0v) is 15.1. The van der Waals surface area contributed by atoms with Crippen LogP contribution >= 0.6 is 34.2 Å². The Balaban J connectivity index is 2.78. The molecule has 0 bridgehead atoms. The van der Waals surface area contributed by atoms with E-state index in [0.717, 1.165) is 29.7 Å². The lowest BCUT2D eigenvalue weighted by atomic mass is 9.97. The molecule has 0 aliphatic rings. The van der Waals surface area contributed by atoms with Gasteiger partial charge in [0.15, 0.2) is 0 Å². The van der Waals surface area contributed by atoms with Crippen molar-refractivity contribution in [3.63, 3.8) is 0 Å². The van der Waals surface area contributed by atoms with Crippen molar-refractivity contribution in [2.45, 2.75) is 51.5 Å². The maximum absolute atomic E-state index is 13.9. The quantitative estimate of drug-likeness (QED) is 0.474. The molecular weight excluding hydrogens is 390 g/mol. The van der Waals surface area contributed by atoms with Crippen molar-refractivity contribution < 1.29 is 4.39 Å². The number of nitrogens with zero attached hydrogens (tertiary/aromatic N) is 2. The largest absolute Gasteiger partial charge is 0.321 e. The lowest BCUT2D eigenvalue weighted by Gasteiger charge is -2.29. The second-order valence-corrected chi connectivity index (χ2v) is 7.56. The first-order valence-corrected chi connectivity index (χ1v) is 8.31. The average Bonchev–Trinajstić information content (AvgIpc) is 2.69. The van der Waals surface area contributed by atoms with E-state index in [1.165, 1.54) is 0 Å². The van der Waals surface area contributed by atoms with Gasteiger partial charge in [-0.3, -0.25) is 0 Å². The van der Waals surface area contributed by atoms with Crippen LogP contribution in [-0.2, 0) is 5.54 Å². The Hall–Kier alpha value is -0.360. The summed E-state index contributed by atoms with van der Waals surface area (Å²) < 4.78 is 16.6. The molecule has 0 saturated carbocycles. The molecule has 0 spiro atoms. The number of rotatable bonds is 4. The molecule has 0 fully saturated rings. The molecule has 20 heavy (non-hydrogen) atoms. The number of imidazole rings is 1. The first-order valence-electron chi connectivity index (χ1n) is 6.80. The van der Waals surface area contributed by atoms with Crippen LogP contribution in [-0.4, -0.2) is 9.55 Å². The van der Waals surface area contributed by atoms with E-state index in [2.05, 4.69) is 30.3 Å². The summed E-state index contributed by atoms with van der Waals surface area (Å²) in [5.41, 5.74) is 1.49. The van der Waals surface area contributed by atoms with Gasteiger partial charge in [-0.15, -0.1) is 11.6 Å². The molecule has 1 atom stereocenters. The SMILES string of the molecule is CCCC(C)(C)n1c(C(C)Cl)nc2cc(I)c(F)cc21. The molecule has 1 aromatic heterocycles. The van der Waals surface area contributed by atoms with E-state index in [0.29, 0.717) is 3.57 Å². The summed E-state index contributed by atoms with van der Waals surface area (Å²) in [6.45, 7) is 8.35. The van der Waals surface area contributed by atoms with Gasteiger partial charge in [-0.1, -0.05) is 13.3 Å². The van der Waals surface area contributed by atoms with Gasteiger partial charge in [0.05, 0.1) is 20.0 Å². The topological polar surface area (TPSA) is 17.8 Å². The Bertz CT molecular complexity index is 634. The van der Waals surface area contributed by atoms with E-state index in [1.54, 1.807) is 12.1 Å². The zero-order chi connectivity index (χ0) is 15.1. The average molecular weight is 409 g/mol. The van der Waals surface area contributed by atoms with Gasteiger partial charge < -0.3 is 4.57 Å². The maximum Gasteiger partial charge on any atom is 0.138 e. The van der Waals surface area contributed by atoms with Crippen LogP contribution in [0.25, 0.3) is 11.0 Å². The normalized spacial score (nSPS) is 13.9. The Labute approximate surface area is 137 Å². The standard InChI is InChI=1S/C15H19ClFIN2/c1-5-6-15(3,4)20-13-7-10(17)11(18)8-12(13)19-14(20)9(2)16/h7-9H,5-6H2,1-4H3. The van der Waals surface area contributed by atoms with E-state index in [4.69, 9.17) is 11.6 Å². The number of halogens is 3. The molecule has 0 saturated heterocycles. The molecule has 0 aliphatic carbocycles. The molecule has 0 radical (unpaired) electrons. The van der Waals surface area contributed by atoms with Crippen LogP contribution in [0.2, 0.25) is 0 Å². The molecule has 0 aliphatic heterocycles. The second kappa shape index (κ2) is 5.79. The molecule has 2 rings (SSSR count). The minimum Gasteiger partial charge on any atom is -0.321 e. The lowest BCUT2D eigenvalue weighted by Crippen LogP contribution is -2.28. The molecule has 1 heterocycles. The number of alkyl halides is 1. The summed E-state index contributed by atoms with van der Waals surface area (Å²) >= 11 is 8.28. The van der Waals surface area contributed by atoms with E-state index in [1.807, 2.05) is 29.5 Å². The monoisotopic (exact) mass is 408 g/mol. The highest BCUT2D eigenvalue weighted by Gasteiger charge is 2.27. The molecule has 1 aromatic carbocycles. The third-order valence-corrected chi connectivity index (χ3v) is 4.57. The molecule has 2 aromatic rings. The molecule has 5 heteroatoms. The van der Waals surface area contributed by atoms with Crippen molar-refractivity contribution in [1.82, 2.24) is 9.55 Å². The van der Waals surface area contributed by atoms with Gasteiger partial charge in [0.2, 0.25) is 0 Å². The predicted molar refractivity (Wildman–Crippen MR) is 90.9 cm³/mol. The highest BCUT2D eigenvalue weighted by molar-refractivity contribution is 14.1. The summed E-state index contributed by atoms with van der Waals surface area (Å²) in [4.78, 5) is 4.62. The maximum atomic E-state index is 13.9. The van der Waals surface area contributed by atoms with Gasteiger partial charge in [-0.2, -0.15) is 0 Å². The number of fused-ring (bicyclic) bond motifs is 1. The van der Waals surface area contributed by atoms with Crippen molar-refractivity contribution in [2.75, 3.05) is 0 Å². The minimum absolute atomic E-state index is 0.138. The Kier molecular flexibility index (Phi) is 4.64. The number of hydrogen-bond acceptors (Lipinski definition) is 1. The van der Waals surface area contributed by atoms with Crippen molar-refractivity contribution in [3.8, 4) is 0 Å². The highest BCUT2D eigenvalue weighted by atomic mass is 127. The van der Waals surface area contributed by atoms with Gasteiger partial charge in [0.25, 0.3) is 0 Å². The fourth-order valence-corrected chi connectivity index (χ4v) is 3.31. The molecule has 1 unspecified atom stereocenters. The van der Waals surface area contributed by atoms with E-state index < -0.39 is 0 Å². The first-order chi connectivity index (χ1) is 9.27. The smallest absolute Gasteiger partial charge is 0.138 e. The molecule has 0 N–H and O–H groups in total. The minimum atomic E-state index is -0.209. The fourth-order valence-electron chi connectivity index (χ4n) is 2.72. The Morgan fingerprint density at radius 3 is 2.65 bits per heavy atom. The molecule has 2 nitrogen and oxygen atoms in total. The summed E-state index contributed by atoms with van der Waals surface area (Å²) in [7, 11) is 0. The third-order valence-electron chi connectivity index (χ3n) is 3.55. The van der Waals surface area contributed by atoms with Gasteiger partial charge in [0, 0.05) is 11.6 Å². The fraction of sp³-hybridized carbons (Fsp3) is 0.533. The van der Waals surface area contributed by atoms with Gasteiger partial charge in [0.1, 0.15) is 11.6 Å². The summed E-state index contributed by atoms with van der Waals surface area (Å²) in [6.07, 6.45) is 2.04. The van der Waals surface area contributed by atoms with Crippen molar-refractivity contribution in [2.24, 2.45) is 0 Å². The van der Waals surface area contributed by atoms with Crippen LogP contribution in [0.1, 0.15) is 51.7 Å². The zero-order valence-electron chi connectivity index (χ0n) is 12.2. The van der Waals surface area contributed by atoms with Gasteiger partial charge in [-0.25, -0.2) is 9.37 Å². The van der Waals surface area contributed by atoms with Crippen LogP contribution < -0.4 is 0 Å². The van der Waals surface area contributed by atoms with Crippen LogP contribution in [0, 0.1) is 9.39 Å². The lowest BCUT2D eigenvalue weighted by molar-refractivity contribution is 0.323. The van der Waals surface area contributed by atoms with E-state index in [9.17, 15) is 4.39 Å².